The number of amides is 2. The van der Waals surface area contributed by atoms with E-state index < -0.39 is 0 Å². The highest BCUT2D eigenvalue weighted by Crippen LogP contribution is 2.35. The summed E-state index contributed by atoms with van der Waals surface area (Å²) in [4.78, 5) is 29.3. The lowest BCUT2D eigenvalue weighted by molar-refractivity contribution is -0.120. The summed E-state index contributed by atoms with van der Waals surface area (Å²) in [7, 11) is 0. The molecule has 0 unspecified atom stereocenters. The lowest BCUT2D eigenvalue weighted by atomic mass is 9.87. The molecule has 2 aliphatic rings. The Labute approximate surface area is 174 Å². The van der Waals surface area contributed by atoms with Crippen molar-refractivity contribution < 1.29 is 19.1 Å². The minimum Gasteiger partial charge on any atom is -0.486 e. The molecule has 6 nitrogen and oxygen atoms in total. The number of ether oxygens (including phenoxy) is 2. The molecule has 29 heavy (non-hydrogen) atoms. The number of benzene rings is 1. The first-order valence-corrected chi connectivity index (χ1v) is 11.0. The lowest BCUT2D eigenvalue weighted by Gasteiger charge is -2.22. The quantitative estimate of drug-likeness (QED) is 0.809. The third-order valence-corrected chi connectivity index (χ3v) is 6.75. The number of hydrogen-bond donors (Lipinski definition) is 1. The number of thiophene rings is 1. The number of hydrogen-bond acceptors (Lipinski definition) is 5. The number of carbonyl (C=O) groups is 2. The molecule has 0 fully saturated rings. The van der Waals surface area contributed by atoms with Gasteiger partial charge in [0.2, 0.25) is 5.91 Å². The molecular weight excluding hydrogens is 388 g/mol. The summed E-state index contributed by atoms with van der Waals surface area (Å²) in [5, 5.41) is 3.01. The van der Waals surface area contributed by atoms with Crippen LogP contribution in [0.15, 0.2) is 24.3 Å². The van der Waals surface area contributed by atoms with E-state index in [1.54, 1.807) is 11.3 Å². The van der Waals surface area contributed by atoms with E-state index in [9.17, 15) is 9.59 Å². The van der Waals surface area contributed by atoms with Gasteiger partial charge in [0.25, 0.3) is 5.91 Å². The molecule has 1 aliphatic heterocycles. The SMILES string of the molecule is CCN(CC)C(=O)c1cc2c(s1)CC[C@H](C(=O)Nc1ccc3c(c1)OCCO3)C2. The monoisotopic (exact) mass is 414 g/mol. The standard InChI is InChI=1S/C22H26N2O4S/c1-3-24(4-2)22(26)20-12-15-11-14(5-8-19(15)29-20)21(25)23-16-6-7-17-18(13-16)28-10-9-27-17/h6-7,12-14H,3-5,8-11H2,1-2H3,(H,23,25)/t14-/m0/s1. The maximum atomic E-state index is 12.8. The van der Waals surface area contributed by atoms with Crippen LogP contribution in [0.4, 0.5) is 5.69 Å². The Morgan fingerprint density at radius 3 is 2.66 bits per heavy atom. The van der Waals surface area contributed by atoms with Crippen LogP contribution in [0.5, 0.6) is 11.5 Å². The number of nitrogens with one attached hydrogen (secondary N) is 1. The molecule has 0 saturated heterocycles. The summed E-state index contributed by atoms with van der Waals surface area (Å²) in [5.41, 5.74) is 1.85. The molecule has 1 atom stereocenters. The van der Waals surface area contributed by atoms with Gasteiger partial charge < -0.3 is 19.7 Å². The Balaban J connectivity index is 1.43. The molecule has 1 aliphatic carbocycles. The molecule has 0 saturated carbocycles. The van der Waals surface area contributed by atoms with Crippen LogP contribution in [0.3, 0.4) is 0 Å². The van der Waals surface area contributed by atoms with Crippen molar-refractivity contribution >= 4 is 28.8 Å². The molecule has 0 spiro atoms. The number of anilines is 1. The topological polar surface area (TPSA) is 67.9 Å². The van der Waals surface area contributed by atoms with Crippen LogP contribution in [-0.4, -0.2) is 43.0 Å². The van der Waals surface area contributed by atoms with Gasteiger partial charge in [0.05, 0.1) is 4.88 Å². The van der Waals surface area contributed by atoms with Crippen LogP contribution in [0.2, 0.25) is 0 Å². The zero-order valence-electron chi connectivity index (χ0n) is 16.8. The average Bonchev–Trinajstić information content (AvgIpc) is 3.18. The minimum absolute atomic E-state index is 0.00940. The van der Waals surface area contributed by atoms with Gasteiger partial charge in [0, 0.05) is 35.6 Å². The van der Waals surface area contributed by atoms with Crippen molar-refractivity contribution in [1.82, 2.24) is 4.90 Å². The van der Waals surface area contributed by atoms with Gasteiger partial charge in [-0.05, 0) is 56.9 Å². The number of rotatable bonds is 5. The summed E-state index contributed by atoms with van der Waals surface area (Å²) in [6.07, 6.45) is 2.31. The van der Waals surface area contributed by atoms with Crippen molar-refractivity contribution in [3.05, 3.63) is 39.6 Å². The molecule has 1 N–H and O–H groups in total. The molecule has 2 aromatic rings. The van der Waals surface area contributed by atoms with Crippen molar-refractivity contribution in [2.24, 2.45) is 5.92 Å². The lowest BCUT2D eigenvalue weighted by Crippen LogP contribution is -2.29. The smallest absolute Gasteiger partial charge is 0.263 e. The molecule has 0 radical (unpaired) electrons. The third-order valence-electron chi connectivity index (χ3n) is 5.52. The van der Waals surface area contributed by atoms with E-state index in [0.29, 0.717) is 49.9 Å². The van der Waals surface area contributed by atoms with E-state index >= 15 is 0 Å². The summed E-state index contributed by atoms with van der Waals surface area (Å²) >= 11 is 1.58. The fraction of sp³-hybridized carbons (Fsp3) is 0.455. The Bertz CT molecular complexity index is 920. The van der Waals surface area contributed by atoms with Crippen LogP contribution in [0, 0.1) is 5.92 Å². The van der Waals surface area contributed by atoms with Crippen molar-refractivity contribution in [3.63, 3.8) is 0 Å². The highest BCUT2D eigenvalue weighted by Gasteiger charge is 2.28. The van der Waals surface area contributed by atoms with E-state index in [2.05, 4.69) is 5.32 Å². The number of aryl methyl sites for hydroxylation is 1. The zero-order chi connectivity index (χ0) is 20.4. The number of carbonyl (C=O) groups excluding carboxylic acids is 2. The first-order chi connectivity index (χ1) is 14.1. The van der Waals surface area contributed by atoms with Gasteiger partial charge in [0.1, 0.15) is 13.2 Å². The number of nitrogens with zero attached hydrogens (tertiary/aromatic N) is 1. The normalized spacial score (nSPS) is 17.4. The van der Waals surface area contributed by atoms with Gasteiger partial charge in [0.15, 0.2) is 11.5 Å². The highest BCUT2D eigenvalue weighted by molar-refractivity contribution is 7.14. The van der Waals surface area contributed by atoms with Crippen molar-refractivity contribution in [2.45, 2.75) is 33.1 Å². The second-order valence-electron chi connectivity index (χ2n) is 7.32. The molecule has 2 heterocycles. The molecule has 1 aromatic heterocycles. The van der Waals surface area contributed by atoms with Crippen LogP contribution in [0.1, 0.15) is 40.4 Å². The first kappa shape index (κ1) is 19.8. The van der Waals surface area contributed by atoms with Crippen molar-refractivity contribution in [2.75, 3.05) is 31.6 Å². The molecule has 1 aromatic carbocycles. The summed E-state index contributed by atoms with van der Waals surface area (Å²) < 4.78 is 11.1. The Morgan fingerprint density at radius 2 is 1.90 bits per heavy atom. The Morgan fingerprint density at radius 1 is 1.14 bits per heavy atom. The van der Waals surface area contributed by atoms with Gasteiger partial charge in [-0.15, -0.1) is 11.3 Å². The second kappa shape index (κ2) is 8.45. The van der Waals surface area contributed by atoms with E-state index in [1.807, 2.05) is 43.0 Å². The zero-order valence-corrected chi connectivity index (χ0v) is 17.6. The predicted octanol–water partition coefficient (Wildman–Crippen LogP) is 3.74. The fourth-order valence-corrected chi connectivity index (χ4v) is 5.06. The predicted molar refractivity (Wildman–Crippen MR) is 113 cm³/mol. The van der Waals surface area contributed by atoms with Crippen LogP contribution < -0.4 is 14.8 Å². The van der Waals surface area contributed by atoms with Gasteiger partial charge in [-0.1, -0.05) is 0 Å². The first-order valence-electron chi connectivity index (χ1n) is 10.2. The van der Waals surface area contributed by atoms with Crippen molar-refractivity contribution in [1.29, 1.82) is 0 Å². The second-order valence-corrected chi connectivity index (χ2v) is 8.46. The highest BCUT2D eigenvalue weighted by atomic mass is 32.1. The third kappa shape index (κ3) is 4.10. The van der Waals surface area contributed by atoms with Gasteiger partial charge >= 0.3 is 0 Å². The van der Waals surface area contributed by atoms with E-state index in [0.717, 1.165) is 23.3 Å². The van der Waals surface area contributed by atoms with Gasteiger partial charge in [-0.3, -0.25) is 9.59 Å². The molecule has 4 rings (SSSR count). The van der Waals surface area contributed by atoms with Gasteiger partial charge in [-0.2, -0.15) is 0 Å². The molecule has 7 heteroatoms. The Kier molecular flexibility index (Phi) is 5.76. The van der Waals surface area contributed by atoms with E-state index in [-0.39, 0.29) is 17.7 Å². The minimum atomic E-state index is -0.0956. The van der Waals surface area contributed by atoms with Crippen LogP contribution in [0.25, 0.3) is 0 Å². The maximum absolute atomic E-state index is 12.8. The van der Waals surface area contributed by atoms with Crippen LogP contribution in [-0.2, 0) is 17.6 Å². The maximum Gasteiger partial charge on any atom is 0.263 e. The van der Waals surface area contributed by atoms with Crippen molar-refractivity contribution in [3.8, 4) is 11.5 Å². The molecule has 0 bridgehead atoms. The van der Waals surface area contributed by atoms with E-state index in [4.69, 9.17) is 9.47 Å². The summed E-state index contributed by atoms with van der Waals surface area (Å²) in [6, 6.07) is 7.47. The number of fused-ring (bicyclic) bond motifs is 2. The van der Waals surface area contributed by atoms with Crippen LogP contribution >= 0.6 is 11.3 Å². The molecule has 154 valence electrons. The summed E-state index contributed by atoms with van der Waals surface area (Å²) in [6.45, 7) is 6.46. The van der Waals surface area contributed by atoms with E-state index in [1.165, 1.54) is 4.88 Å². The molecular formula is C22H26N2O4S. The Hall–Kier alpha value is -2.54. The molecule has 2 amide bonds. The van der Waals surface area contributed by atoms with Gasteiger partial charge in [-0.25, -0.2) is 0 Å². The average molecular weight is 415 g/mol. The summed E-state index contributed by atoms with van der Waals surface area (Å²) in [5.74, 6) is 1.38. The largest absolute Gasteiger partial charge is 0.486 e. The fourth-order valence-electron chi connectivity index (χ4n) is 3.88.